The van der Waals surface area contributed by atoms with Crippen molar-refractivity contribution in [3.05, 3.63) is 54.6 Å². The molecule has 0 radical (unpaired) electrons. The number of hydrogen-bond acceptors (Lipinski definition) is 0. The van der Waals surface area contributed by atoms with Gasteiger partial charge in [-0.05, 0) is 18.4 Å². The standard InChI is InChI=1S/C17H26N/c1-5-10-17(15-18(2,3)4)14-9-13-16-11-7-6-8-12-16/h5-9,11-13,17H,1,10,14-15H2,2-4H3/q+1/b13-9+. The molecule has 0 aliphatic carbocycles. The van der Waals surface area contributed by atoms with Crippen LogP contribution in [-0.4, -0.2) is 32.2 Å². The molecule has 1 rings (SSSR count). The van der Waals surface area contributed by atoms with E-state index in [-0.39, 0.29) is 0 Å². The van der Waals surface area contributed by atoms with E-state index in [1.54, 1.807) is 0 Å². The molecular formula is C17H26N+. The van der Waals surface area contributed by atoms with Gasteiger partial charge in [0.25, 0.3) is 0 Å². The third-order valence-electron chi connectivity index (χ3n) is 2.89. The molecule has 0 N–H and O–H groups in total. The molecule has 1 aromatic carbocycles. The van der Waals surface area contributed by atoms with Crippen LogP contribution in [0.5, 0.6) is 0 Å². The lowest BCUT2D eigenvalue weighted by Gasteiger charge is -2.28. The zero-order valence-electron chi connectivity index (χ0n) is 12.0. The highest BCUT2D eigenvalue weighted by Crippen LogP contribution is 2.15. The lowest BCUT2D eigenvalue weighted by Crippen LogP contribution is -2.39. The van der Waals surface area contributed by atoms with Gasteiger partial charge in [-0.3, -0.25) is 0 Å². The Labute approximate surface area is 112 Å². The maximum absolute atomic E-state index is 3.87. The molecule has 0 saturated heterocycles. The molecule has 0 aromatic heterocycles. The van der Waals surface area contributed by atoms with Crippen molar-refractivity contribution < 1.29 is 4.48 Å². The predicted octanol–water partition coefficient (Wildman–Crippen LogP) is 3.99. The normalized spacial score (nSPS) is 13.7. The van der Waals surface area contributed by atoms with E-state index >= 15 is 0 Å². The third-order valence-corrected chi connectivity index (χ3v) is 2.89. The topological polar surface area (TPSA) is 0 Å². The van der Waals surface area contributed by atoms with Crippen LogP contribution >= 0.6 is 0 Å². The Kier molecular flexibility index (Phi) is 5.87. The van der Waals surface area contributed by atoms with Gasteiger partial charge in [0.2, 0.25) is 0 Å². The molecule has 0 spiro atoms. The fraction of sp³-hybridized carbons (Fsp3) is 0.412. The predicted molar refractivity (Wildman–Crippen MR) is 81.3 cm³/mol. The minimum absolute atomic E-state index is 0.683. The molecule has 0 aliphatic heterocycles. The van der Waals surface area contributed by atoms with Gasteiger partial charge in [0.05, 0.1) is 27.7 Å². The van der Waals surface area contributed by atoms with Crippen molar-refractivity contribution in [3.63, 3.8) is 0 Å². The summed E-state index contributed by atoms with van der Waals surface area (Å²) in [5.74, 6) is 0.683. The summed E-state index contributed by atoms with van der Waals surface area (Å²) in [5, 5.41) is 0. The molecule has 0 bridgehead atoms. The van der Waals surface area contributed by atoms with Crippen LogP contribution in [-0.2, 0) is 0 Å². The molecule has 1 atom stereocenters. The highest BCUT2D eigenvalue weighted by Gasteiger charge is 2.15. The van der Waals surface area contributed by atoms with Crippen LogP contribution in [0.4, 0.5) is 0 Å². The smallest absolute Gasteiger partial charge is 0.0815 e. The van der Waals surface area contributed by atoms with E-state index in [4.69, 9.17) is 0 Å². The summed E-state index contributed by atoms with van der Waals surface area (Å²) in [7, 11) is 6.74. The van der Waals surface area contributed by atoms with Gasteiger partial charge in [-0.25, -0.2) is 0 Å². The quantitative estimate of drug-likeness (QED) is 0.502. The van der Waals surface area contributed by atoms with E-state index in [1.807, 2.05) is 6.08 Å². The number of allylic oxidation sites excluding steroid dienone is 2. The van der Waals surface area contributed by atoms with Gasteiger partial charge in [0.1, 0.15) is 0 Å². The molecule has 98 valence electrons. The average molecular weight is 244 g/mol. The maximum Gasteiger partial charge on any atom is 0.0815 e. The second-order valence-electron chi connectivity index (χ2n) is 5.91. The lowest BCUT2D eigenvalue weighted by atomic mass is 9.99. The molecular weight excluding hydrogens is 218 g/mol. The lowest BCUT2D eigenvalue weighted by molar-refractivity contribution is -0.873. The minimum atomic E-state index is 0.683. The van der Waals surface area contributed by atoms with E-state index in [2.05, 4.69) is 70.2 Å². The first kappa shape index (κ1) is 14.7. The molecule has 0 saturated carbocycles. The van der Waals surface area contributed by atoms with Crippen molar-refractivity contribution in [1.82, 2.24) is 0 Å². The zero-order valence-corrected chi connectivity index (χ0v) is 12.0. The van der Waals surface area contributed by atoms with E-state index in [0.717, 1.165) is 17.3 Å². The maximum atomic E-state index is 3.87. The van der Waals surface area contributed by atoms with Crippen LogP contribution in [0, 0.1) is 5.92 Å². The monoisotopic (exact) mass is 244 g/mol. The summed E-state index contributed by atoms with van der Waals surface area (Å²) < 4.78 is 1.01. The number of quaternary nitrogens is 1. The van der Waals surface area contributed by atoms with Crippen molar-refractivity contribution in [2.45, 2.75) is 12.8 Å². The molecule has 1 heteroatoms. The summed E-state index contributed by atoms with van der Waals surface area (Å²) in [6.45, 7) is 5.05. The number of nitrogens with zero attached hydrogens (tertiary/aromatic N) is 1. The Hall–Kier alpha value is -1.34. The number of benzene rings is 1. The summed E-state index contributed by atoms with van der Waals surface area (Å²) >= 11 is 0. The van der Waals surface area contributed by atoms with E-state index in [0.29, 0.717) is 5.92 Å². The summed E-state index contributed by atoms with van der Waals surface area (Å²) in [6.07, 6.45) is 8.76. The van der Waals surface area contributed by atoms with Gasteiger partial charge in [0, 0.05) is 5.92 Å². The van der Waals surface area contributed by atoms with Gasteiger partial charge in [-0.1, -0.05) is 48.6 Å². The summed E-state index contributed by atoms with van der Waals surface area (Å²) in [6, 6.07) is 10.5. The average Bonchev–Trinajstić information content (AvgIpc) is 2.28. The van der Waals surface area contributed by atoms with Crippen molar-refractivity contribution in [1.29, 1.82) is 0 Å². The van der Waals surface area contributed by atoms with Crippen LogP contribution in [0.15, 0.2) is 49.1 Å². The Balaban J connectivity index is 2.52. The highest BCUT2D eigenvalue weighted by molar-refractivity contribution is 5.48. The van der Waals surface area contributed by atoms with E-state index < -0.39 is 0 Å². The molecule has 0 fully saturated rings. The first-order chi connectivity index (χ1) is 8.51. The number of hydrogen-bond donors (Lipinski definition) is 0. The van der Waals surface area contributed by atoms with Gasteiger partial charge in [-0.15, -0.1) is 6.58 Å². The second kappa shape index (κ2) is 7.17. The Bertz CT molecular complexity index is 370. The number of rotatable bonds is 7. The van der Waals surface area contributed by atoms with Crippen LogP contribution in [0.1, 0.15) is 18.4 Å². The van der Waals surface area contributed by atoms with Gasteiger partial charge in [-0.2, -0.15) is 0 Å². The van der Waals surface area contributed by atoms with Crippen LogP contribution < -0.4 is 0 Å². The van der Waals surface area contributed by atoms with Gasteiger partial charge >= 0.3 is 0 Å². The largest absolute Gasteiger partial charge is 0.331 e. The molecule has 1 unspecified atom stereocenters. The third kappa shape index (κ3) is 6.41. The van der Waals surface area contributed by atoms with Crippen molar-refractivity contribution in [2.24, 2.45) is 5.92 Å². The second-order valence-corrected chi connectivity index (χ2v) is 5.91. The van der Waals surface area contributed by atoms with Crippen LogP contribution in [0.2, 0.25) is 0 Å². The minimum Gasteiger partial charge on any atom is -0.331 e. The van der Waals surface area contributed by atoms with Gasteiger partial charge in [0.15, 0.2) is 0 Å². The SMILES string of the molecule is C=CCC(C/C=C/c1ccccc1)C[N+](C)(C)C. The van der Waals surface area contributed by atoms with Crippen molar-refractivity contribution in [3.8, 4) is 0 Å². The fourth-order valence-electron chi connectivity index (χ4n) is 2.22. The van der Waals surface area contributed by atoms with E-state index in [9.17, 15) is 0 Å². The molecule has 0 amide bonds. The molecule has 0 aliphatic rings. The van der Waals surface area contributed by atoms with Crippen molar-refractivity contribution in [2.75, 3.05) is 27.7 Å². The zero-order chi connectivity index (χ0) is 13.4. The molecule has 0 heterocycles. The van der Waals surface area contributed by atoms with Crippen LogP contribution in [0.25, 0.3) is 6.08 Å². The summed E-state index contributed by atoms with van der Waals surface area (Å²) in [5.41, 5.74) is 1.28. The Morgan fingerprint density at radius 2 is 1.78 bits per heavy atom. The van der Waals surface area contributed by atoms with Crippen LogP contribution in [0.3, 0.4) is 0 Å². The van der Waals surface area contributed by atoms with E-state index in [1.165, 1.54) is 12.1 Å². The van der Waals surface area contributed by atoms with Gasteiger partial charge < -0.3 is 4.48 Å². The molecule has 1 aromatic rings. The molecule has 18 heavy (non-hydrogen) atoms. The fourth-order valence-corrected chi connectivity index (χ4v) is 2.22. The van der Waals surface area contributed by atoms with Crippen molar-refractivity contribution >= 4 is 6.08 Å². The Morgan fingerprint density at radius 1 is 1.11 bits per heavy atom. The first-order valence-corrected chi connectivity index (χ1v) is 6.64. The Morgan fingerprint density at radius 3 is 2.33 bits per heavy atom. The first-order valence-electron chi connectivity index (χ1n) is 6.64. The highest BCUT2D eigenvalue weighted by atomic mass is 15.3. The summed E-state index contributed by atoms with van der Waals surface area (Å²) in [4.78, 5) is 0. The molecule has 1 nitrogen and oxygen atoms in total.